The second kappa shape index (κ2) is 16.3. The summed E-state index contributed by atoms with van der Waals surface area (Å²) >= 11 is 0. The molecule has 10 heteroatoms. The number of nitrogens with two attached hydrogens (primary N) is 3. The van der Waals surface area contributed by atoms with Crippen LogP contribution >= 0.6 is 0 Å². The summed E-state index contributed by atoms with van der Waals surface area (Å²) < 4.78 is 14.2. The van der Waals surface area contributed by atoms with Gasteiger partial charge in [0.05, 0.1) is 18.8 Å². The van der Waals surface area contributed by atoms with E-state index in [2.05, 4.69) is 35.4 Å². The van der Waals surface area contributed by atoms with E-state index in [0.29, 0.717) is 29.7 Å². The molecule has 0 spiro atoms. The van der Waals surface area contributed by atoms with Crippen molar-refractivity contribution in [1.29, 1.82) is 0 Å². The number of likely N-dealkylation sites (N-methyl/N-ethyl adjacent to an activating group) is 1. The predicted molar refractivity (Wildman–Crippen MR) is 145 cm³/mol. The number of hydrogen-bond donors (Lipinski definition) is 4. The average Bonchev–Trinajstić information content (AvgIpc) is 3.29. The Labute approximate surface area is 243 Å². The number of hydrogen-bond acceptors (Lipinski definition) is 8. The van der Waals surface area contributed by atoms with Gasteiger partial charge in [-0.05, 0) is 32.0 Å². The second-order valence-electron chi connectivity index (χ2n) is 8.71. The van der Waals surface area contributed by atoms with Crippen LogP contribution in [0.2, 0.25) is 0 Å². The summed E-state index contributed by atoms with van der Waals surface area (Å²) in [6.07, 6.45) is 7.19. The minimum Gasteiger partial charge on any atom is -0.383 e. The Balaban J connectivity index is 0.000000487. The smallest absolute Gasteiger partial charge is 0.383 e. The molecule has 1 aromatic carbocycles. The number of benzene rings is 1. The van der Waals surface area contributed by atoms with Gasteiger partial charge in [0.15, 0.2) is 0 Å². The van der Waals surface area contributed by atoms with E-state index >= 15 is 0 Å². The molecule has 8 nitrogen and oxygen atoms in total. The standard InChI is InChI=1S/C21H25FN3.C6H15N5.Na/c1-4-16-12-13-18(24-21(16)22)20(17-9-6-5-7-10-17)23-15(2)19-11-8-14-25(19)3;1-3-4-11(9)5-6(7)10(2)8;/h4-7,9-10,12-13,19-20,23H,2,8,11,14H2,1,3H3;3,5H,1,4,7-9H2,2H3;/q-1;;+1/b;6-5+;/t19?,20-;;/m0../s1. The van der Waals surface area contributed by atoms with Crippen LogP contribution in [0.5, 0.6) is 0 Å². The molecule has 37 heavy (non-hydrogen) atoms. The second-order valence-corrected chi connectivity index (χ2v) is 8.71. The first-order valence-corrected chi connectivity index (χ1v) is 11.9. The molecule has 7 N–H and O–H groups in total. The van der Waals surface area contributed by atoms with Crippen molar-refractivity contribution in [2.75, 3.05) is 27.2 Å². The molecule has 0 saturated carbocycles. The monoisotopic (exact) mass is 518 g/mol. The topological polar surface area (TPSA) is 113 Å². The van der Waals surface area contributed by atoms with Gasteiger partial charge >= 0.3 is 29.6 Å². The average molecular weight is 519 g/mol. The van der Waals surface area contributed by atoms with Gasteiger partial charge in [-0.15, -0.1) is 12.1 Å². The molecule has 1 unspecified atom stereocenters. The molecular weight excluding hydrogens is 478 g/mol. The van der Waals surface area contributed by atoms with Crippen LogP contribution in [0.4, 0.5) is 4.39 Å². The minimum absolute atomic E-state index is 0. The summed E-state index contributed by atoms with van der Waals surface area (Å²) in [4.78, 5) is 6.51. The van der Waals surface area contributed by atoms with Crippen molar-refractivity contribution < 1.29 is 33.9 Å². The van der Waals surface area contributed by atoms with E-state index in [1.165, 1.54) is 22.6 Å². The van der Waals surface area contributed by atoms with Gasteiger partial charge in [-0.3, -0.25) is 19.3 Å². The number of likely N-dealkylation sites (tertiary alicyclic amines) is 1. The van der Waals surface area contributed by atoms with Gasteiger partial charge < -0.3 is 16.1 Å². The zero-order valence-electron chi connectivity index (χ0n) is 22.6. The maximum atomic E-state index is 14.2. The number of aromatic nitrogens is 1. The largest absolute Gasteiger partial charge is 1.00 e. The van der Waals surface area contributed by atoms with Crippen LogP contribution in [0.1, 0.15) is 42.6 Å². The Bertz CT molecular complexity index is 1010. The van der Waals surface area contributed by atoms with E-state index in [1.54, 1.807) is 25.6 Å². The number of nitrogens with zero attached hydrogens (tertiary/aromatic N) is 4. The number of nitrogens with one attached hydrogen (secondary N) is 1. The first-order valence-electron chi connectivity index (χ1n) is 11.9. The SMILES string of the molecule is C=C(N[C@@H](c1ccccc1)c1ccc([CH-]C)c(F)n1)C1CCCN1C.C=CCN(N)/C=C(\N)N(C)N.[Na+]. The molecule has 1 saturated heterocycles. The van der Waals surface area contributed by atoms with Gasteiger partial charge in [0.2, 0.25) is 0 Å². The number of hydrazine groups is 2. The van der Waals surface area contributed by atoms with Crippen LogP contribution in [0.15, 0.2) is 79.4 Å². The maximum Gasteiger partial charge on any atom is 1.00 e. The number of halogens is 1. The normalized spacial score (nSPS) is 15.9. The molecule has 2 aromatic rings. The van der Waals surface area contributed by atoms with Crippen molar-refractivity contribution in [1.82, 2.24) is 25.2 Å². The van der Waals surface area contributed by atoms with E-state index in [-0.39, 0.29) is 35.6 Å². The fourth-order valence-corrected chi connectivity index (χ4v) is 3.90. The molecular formula is C27H40FN8Na. The van der Waals surface area contributed by atoms with Crippen molar-refractivity contribution in [3.05, 3.63) is 109 Å². The third-order valence-electron chi connectivity index (χ3n) is 5.94. The van der Waals surface area contributed by atoms with E-state index in [0.717, 1.165) is 24.2 Å². The molecule has 196 valence electrons. The molecule has 1 aliphatic rings. The Kier molecular flexibility index (Phi) is 14.4. The Morgan fingerprint density at radius 2 is 1.97 bits per heavy atom. The fraction of sp³-hybridized carbons (Fsp3) is 0.333. The van der Waals surface area contributed by atoms with Gasteiger partial charge in [-0.2, -0.15) is 12.5 Å². The molecule has 1 aromatic heterocycles. The minimum atomic E-state index is -0.439. The van der Waals surface area contributed by atoms with Crippen molar-refractivity contribution >= 4 is 0 Å². The van der Waals surface area contributed by atoms with E-state index < -0.39 is 5.95 Å². The fourth-order valence-electron chi connectivity index (χ4n) is 3.90. The van der Waals surface area contributed by atoms with Crippen LogP contribution in [-0.4, -0.2) is 53.1 Å². The van der Waals surface area contributed by atoms with Crippen LogP contribution in [0.3, 0.4) is 0 Å². The zero-order chi connectivity index (χ0) is 26.7. The third-order valence-corrected chi connectivity index (χ3v) is 5.94. The number of pyridine rings is 1. The van der Waals surface area contributed by atoms with E-state index in [9.17, 15) is 4.39 Å². The molecule has 0 bridgehead atoms. The molecule has 0 radical (unpaired) electrons. The molecule has 0 aliphatic carbocycles. The number of rotatable bonds is 10. The Morgan fingerprint density at radius 3 is 2.49 bits per heavy atom. The third kappa shape index (κ3) is 10.0. The zero-order valence-corrected chi connectivity index (χ0v) is 24.6. The van der Waals surface area contributed by atoms with Crippen LogP contribution in [0, 0.1) is 12.4 Å². The van der Waals surface area contributed by atoms with Crippen LogP contribution in [-0.2, 0) is 0 Å². The van der Waals surface area contributed by atoms with Crippen molar-refractivity contribution in [2.45, 2.75) is 31.8 Å². The molecule has 2 heterocycles. The summed E-state index contributed by atoms with van der Waals surface area (Å²) in [5, 5.41) is 6.19. The van der Waals surface area contributed by atoms with Gasteiger partial charge in [-0.25, -0.2) is 11.7 Å². The van der Waals surface area contributed by atoms with Crippen molar-refractivity contribution in [2.24, 2.45) is 17.4 Å². The van der Waals surface area contributed by atoms with Gasteiger partial charge in [-0.1, -0.05) is 56.0 Å². The summed E-state index contributed by atoms with van der Waals surface area (Å²) in [6.45, 7) is 11.2. The van der Waals surface area contributed by atoms with E-state index in [1.807, 2.05) is 43.3 Å². The van der Waals surface area contributed by atoms with Crippen LogP contribution < -0.4 is 52.3 Å². The molecule has 1 fully saturated rings. The molecule has 0 amide bonds. The predicted octanol–water partition coefficient (Wildman–Crippen LogP) is -0.00491. The molecule has 3 rings (SSSR count). The first-order chi connectivity index (χ1) is 17.2. The van der Waals surface area contributed by atoms with Gasteiger partial charge in [0.1, 0.15) is 11.8 Å². The van der Waals surface area contributed by atoms with Gasteiger partial charge in [0.25, 0.3) is 0 Å². The summed E-state index contributed by atoms with van der Waals surface area (Å²) in [5.74, 6) is 10.7. The quantitative estimate of drug-likeness (QED) is 0.0868. The first kappa shape index (κ1) is 32.5. The maximum absolute atomic E-state index is 14.2. The Hall–Kier alpha value is -2.53. The van der Waals surface area contributed by atoms with Crippen molar-refractivity contribution in [3.63, 3.8) is 0 Å². The van der Waals surface area contributed by atoms with Crippen molar-refractivity contribution in [3.8, 4) is 0 Å². The van der Waals surface area contributed by atoms with Gasteiger partial charge in [0, 0.05) is 24.5 Å². The summed E-state index contributed by atoms with van der Waals surface area (Å²) in [7, 11) is 3.75. The molecule has 1 aliphatic heterocycles. The van der Waals surface area contributed by atoms with Crippen LogP contribution in [0.25, 0.3) is 0 Å². The summed E-state index contributed by atoms with van der Waals surface area (Å²) in [5.41, 5.74) is 8.64. The Morgan fingerprint density at radius 1 is 1.30 bits per heavy atom. The summed E-state index contributed by atoms with van der Waals surface area (Å²) in [6, 6.07) is 13.8. The van der Waals surface area contributed by atoms with E-state index in [4.69, 9.17) is 17.4 Å². The molecule has 2 atom stereocenters.